The van der Waals surface area contributed by atoms with Gasteiger partial charge < -0.3 is 14.2 Å². The molecule has 0 amide bonds. The third-order valence-corrected chi connectivity index (χ3v) is 6.43. The lowest BCUT2D eigenvalue weighted by Crippen LogP contribution is -2.40. The summed E-state index contributed by atoms with van der Waals surface area (Å²) >= 11 is 0. The van der Waals surface area contributed by atoms with Crippen LogP contribution in [0.1, 0.15) is 22.7 Å². The summed E-state index contributed by atoms with van der Waals surface area (Å²) in [5, 5.41) is 1.07. The fourth-order valence-electron chi connectivity index (χ4n) is 4.87. The third kappa shape index (κ3) is 3.63. The van der Waals surface area contributed by atoms with E-state index < -0.39 is 6.04 Å². The minimum Gasteiger partial charge on any atom is -0.423 e. The Morgan fingerprint density at radius 3 is 2.06 bits per heavy atom. The Morgan fingerprint density at radius 1 is 0.676 bits per heavy atom. The van der Waals surface area contributed by atoms with Crippen LogP contribution in [0.3, 0.4) is 0 Å². The number of anilines is 1. The van der Waals surface area contributed by atoms with Crippen molar-refractivity contribution in [1.29, 1.82) is 0 Å². The van der Waals surface area contributed by atoms with Gasteiger partial charge in [-0.25, -0.2) is 4.79 Å². The van der Waals surface area contributed by atoms with Gasteiger partial charge in [-0.15, -0.1) is 0 Å². The number of fused-ring (bicyclic) bond motifs is 2. The first kappa shape index (κ1) is 20.3. The van der Waals surface area contributed by atoms with Gasteiger partial charge >= 0.3 is 5.97 Å². The summed E-state index contributed by atoms with van der Waals surface area (Å²) in [4.78, 5) is 15.7. The molecule has 34 heavy (non-hydrogen) atoms. The molecule has 1 aliphatic rings. The monoisotopic (exact) mass is 444 g/mol. The molecule has 0 fully saturated rings. The summed E-state index contributed by atoms with van der Waals surface area (Å²) < 4.78 is 8.08. The molecule has 1 atom stereocenters. The standard InChI is InChI=1S/C30H24N2O2/c33-30-29(32(20-23-13-5-2-6-14-23)27-17-9-10-18-28(27)34-30)25-21-31(19-22-11-3-1-4-12-22)26-16-8-7-15-24(25)26/h1-18,21,29H,19-20H2. The maximum absolute atomic E-state index is 13.5. The van der Waals surface area contributed by atoms with Crippen LogP contribution < -0.4 is 9.64 Å². The minimum absolute atomic E-state index is 0.253. The van der Waals surface area contributed by atoms with Gasteiger partial charge in [0.25, 0.3) is 0 Å². The molecule has 5 aromatic rings. The van der Waals surface area contributed by atoms with Gasteiger partial charge in [-0.2, -0.15) is 0 Å². The van der Waals surface area contributed by atoms with Crippen LogP contribution >= 0.6 is 0 Å². The van der Waals surface area contributed by atoms with Crippen LogP contribution in [-0.4, -0.2) is 10.5 Å². The zero-order chi connectivity index (χ0) is 22.9. The minimum atomic E-state index is -0.544. The van der Waals surface area contributed by atoms with Gasteiger partial charge in [0.2, 0.25) is 0 Å². The Hall–Kier alpha value is -4.31. The van der Waals surface area contributed by atoms with Crippen molar-refractivity contribution in [2.45, 2.75) is 19.1 Å². The summed E-state index contributed by atoms with van der Waals surface area (Å²) in [6, 6.07) is 36.2. The van der Waals surface area contributed by atoms with E-state index in [1.807, 2.05) is 60.7 Å². The summed E-state index contributed by atoms with van der Waals surface area (Å²) in [5.41, 5.74) is 5.35. The Bertz CT molecular complexity index is 1460. The number of carbonyl (C=O) groups is 1. The van der Waals surface area contributed by atoms with Gasteiger partial charge in [0.15, 0.2) is 11.8 Å². The summed E-state index contributed by atoms with van der Waals surface area (Å²) in [6.45, 7) is 1.34. The zero-order valence-corrected chi connectivity index (χ0v) is 18.7. The second-order valence-electron chi connectivity index (χ2n) is 8.62. The van der Waals surface area contributed by atoms with Crippen LogP contribution in [0.15, 0.2) is 115 Å². The zero-order valence-electron chi connectivity index (χ0n) is 18.7. The molecule has 0 aliphatic carbocycles. The van der Waals surface area contributed by atoms with Crippen LogP contribution in [0.25, 0.3) is 10.9 Å². The second kappa shape index (κ2) is 8.56. The SMILES string of the molecule is O=C1Oc2ccccc2N(Cc2ccccc2)C1c1cn(Cc2ccccc2)c2ccccc12. The van der Waals surface area contributed by atoms with Crippen molar-refractivity contribution in [3.8, 4) is 5.75 Å². The van der Waals surface area contributed by atoms with Crippen molar-refractivity contribution in [1.82, 2.24) is 4.57 Å². The number of nitrogens with zero attached hydrogens (tertiary/aromatic N) is 2. The highest BCUT2D eigenvalue weighted by Gasteiger charge is 2.38. The Balaban J connectivity index is 1.49. The molecule has 6 rings (SSSR count). The van der Waals surface area contributed by atoms with E-state index in [4.69, 9.17) is 4.74 Å². The number of hydrogen-bond donors (Lipinski definition) is 0. The first-order chi connectivity index (χ1) is 16.8. The first-order valence-corrected chi connectivity index (χ1v) is 11.5. The van der Waals surface area contributed by atoms with Crippen LogP contribution in [0, 0.1) is 0 Å². The predicted molar refractivity (Wildman–Crippen MR) is 135 cm³/mol. The normalized spacial score (nSPS) is 15.2. The molecule has 1 aliphatic heterocycles. The highest BCUT2D eigenvalue weighted by atomic mass is 16.5. The van der Waals surface area contributed by atoms with Crippen molar-refractivity contribution in [2.75, 3.05) is 4.90 Å². The smallest absolute Gasteiger partial charge is 0.339 e. The molecule has 1 unspecified atom stereocenters. The van der Waals surface area contributed by atoms with Gasteiger partial charge in [0.05, 0.1) is 5.69 Å². The van der Waals surface area contributed by atoms with E-state index in [1.165, 1.54) is 5.56 Å². The molecule has 0 spiro atoms. The molecule has 0 bridgehead atoms. The van der Waals surface area contributed by atoms with E-state index in [2.05, 4.69) is 64.2 Å². The van der Waals surface area contributed by atoms with E-state index in [1.54, 1.807) is 0 Å². The van der Waals surface area contributed by atoms with E-state index >= 15 is 0 Å². The van der Waals surface area contributed by atoms with Crippen molar-refractivity contribution < 1.29 is 9.53 Å². The van der Waals surface area contributed by atoms with Gasteiger partial charge in [0.1, 0.15) is 0 Å². The highest BCUT2D eigenvalue weighted by molar-refractivity contribution is 5.95. The number of esters is 1. The average Bonchev–Trinajstić information content (AvgIpc) is 3.23. The lowest BCUT2D eigenvalue weighted by Gasteiger charge is -2.37. The van der Waals surface area contributed by atoms with Crippen molar-refractivity contribution in [3.63, 3.8) is 0 Å². The molecule has 0 saturated carbocycles. The fraction of sp³-hybridized carbons (Fsp3) is 0.100. The predicted octanol–water partition coefficient (Wildman–Crippen LogP) is 6.36. The number of aromatic nitrogens is 1. The first-order valence-electron chi connectivity index (χ1n) is 11.5. The number of ether oxygens (including phenoxy) is 1. The van der Waals surface area contributed by atoms with Crippen LogP contribution in [0.4, 0.5) is 5.69 Å². The quantitative estimate of drug-likeness (QED) is 0.234. The van der Waals surface area contributed by atoms with Gasteiger partial charge in [-0.3, -0.25) is 0 Å². The molecule has 0 N–H and O–H groups in total. The number of hydrogen-bond acceptors (Lipinski definition) is 3. The number of rotatable bonds is 5. The molecule has 4 nitrogen and oxygen atoms in total. The average molecular weight is 445 g/mol. The van der Waals surface area contributed by atoms with E-state index in [0.29, 0.717) is 12.3 Å². The van der Waals surface area contributed by atoms with Gasteiger partial charge in [0, 0.05) is 35.8 Å². The molecule has 4 aromatic carbocycles. The molecule has 166 valence electrons. The van der Waals surface area contributed by atoms with Crippen molar-refractivity contribution in [2.24, 2.45) is 0 Å². The molecule has 1 aromatic heterocycles. The van der Waals surface area contributed by atoms with E-state index in [9.17, 15) is 4.79 Å². The number of carbonyl (C=O) groups excluding carboxylic acids is 1. The van der Waals surface area contributed by atoms with E-state index in [0.717, 1.165) is 34.3 Å². The summed E-state index contributed by atoms with van der Waals surface area (Å²) in [7, 11) is 0. The van der Waals surface area contributed by atoms with Crippen LogP contribution in [0.5, 0.6) is 5.75 Å². The molecular weight excluding hydrogens is 420 g/mol. The number of para-hydroxylation sites is 3. The second-order valence-corrected chi connectivity index (χ2v) is 8.62. The molecule has 2 heterocycles. The highest BCUT2D eigenvalue weighted by Crippen LogP contribution is 2.43. The maximum atomic E-state index is 13.5. The molecule has 0 radical (unpaired) electrons. The largest absolute Gasteiger partial charge is 0.423 e. The molecule has 4 heteroatoms. The third-order valence-electron chi connectivity index (χ3n) is 6.43. The topological polar surface area (TPSA) is 34.5 Å². The lowest BCUT2D eigenvalue weighted by molar-refractivity contribution is -0.136. The summed E-state index contributed by atoms with van der Waals surface area (Å²) in [5.74, 6) is 0.352. The number of benzene rings is 4. The lowest BCUT2D eigenvalue weighted by atomic mass is 10.0. The van der Waals surface area contributed by atoms with Gasteiger partial charge in [-0.1, -0.05) is 91.0 Å². The molecule has 0 saturated heterocycles. The summed E-state index contributed by atoms with van der Waals surface area (Å²) in [6.07, 6.45) is 2.12. The van der Waals surface area contributed by atoms with Gasteiger partial charge in [-0.05, 0) is 29.3 Å². The van der Waals surface area contributed by atoms with Crippen LogP contribution in [-0.2, 0) is 17.9 Å². The van der Waals surface area contributed by atoms with Crippen molar-refractivity contribution >= 4 is 22.6 Å². The Morgan fingerprint density at radius 2 is 1.29 bits per heavy atom. The maximum Gasteiger partial charge on any atom is 0.339 e. The van der Waals surface area contributed by atoms with E-state index in [-0.39, 0.29) is 5.97 Å². The fourth-order valence-corrected chi connectivity index (χ4v) is 4.87. The molecular formula is C30H24N2O2. The Kier molecular flexibility index (Phi) is 5.11. The Labute approximate surface area is 198 Å². The van der Waals surface area contributed by atoms with Crippen LogP contribution in [0.2, 0.25) is 0 Å². The van der Waals surface area contributed by atoms with Crippen molar-refractivity contribution in [3.05, 3.63) is 132 Å².